The SMILES string of the molecule is CC1C=CC=C2C(c3ccc4ccccc4c3)=c3ccccc3=C(c3ccc(-n4c(-c5ccccc5)nc5ccccc54)cc3)C21. The van der Waals surface area contributed by atoms with Crippen molar-refractivity contribution < 1.29 is 0 Å². The summed E-state index contributed by atoms with van der Waals surface area (Å²) in [6.07, 6.45) is 6.96. The Hall–Kier alpha value is -5.73. The van der Waals surface area contributed by atoms with Crippen LogP contribution in [0.2, 0.25) is 0 Å². The van der Waals surface area contributed by atoms with Crippen LogP contribution in [0.25, 0.3) is 50.0 Å². The second kappa shape index (κ2) is 10.7. The van der Waals surface area contributed by atoms with Crippen molar-refractivity contribution >= 4 is 33.0 Å². The summed E-state index contributed by atoms with van der Waals surface area (Å²) in [7, 11) is 0. The summed E-state index contributed by atoms with van der Waals surface area (Å²) in [5.41, 5.74) is 11.0. The maximum absolute atomic E-state index is 5.06. The van der Waals surface area contributed by atoms with Crippen molar-refractivity contribution in [1.29, 1.82) is 0 Å². The first-order valence-corrected chi connectivity index (χ1v) is 16.1. The summed E-state index contributed by atoms with van der Waals surface area (Å²) in [4.78, 5) is 5.06. The van der Waals surface area contributed by atoms with Crippen LogP contribution >= 0.6 is 0 Å². The Kier molecular flexibility index (Phi) is 6.21. The molecule has 2 unspecified atom stereocenters. The Morgan fingerprint density at radius 1 is 0.587 bits per heavy atom. The van der Waals surface area contributed by atoms with E-state index in [1.807, 2.05) is 0 Å². The summed E-state index contributed by atoms with van der Waals surface area (Å²) in [5.74, 6) is 1.57. The smallest absolute Gasteiger partial charge is 0.145 e. The second-order valence-electron chi connectivity index (χ2n) is 12.4. The Labute approximate surface area is 268 Å². The van der Waals surface area contributed by atoms with Gasteiger partial charge in [0.05, 0.1) is 11.0 Å². The standard InChI is InChI=1S/C44H32N2/c1-29-12-11-19-38-41(29)43(37-18-8-7-17-36(37)42(38)34-23-22-30-13-5-6-16-33(30)28-34)31-24-26-35(27-25-31)46-40-21-10-9-20-39(40)45-44(46)32-14-3-2-4-15-32/h2-29,41H,1H3. The van der Waals surface area contributed by atoms with Crippen LogP contribution in [0.4, 0.5) is 0 Å². The highest BCUT2D eigenvalue weighted by Gasteiger charge is 2.33. The fraction of sp³-hybridized carbons (Fsp3) is 0.0682. The van der Waals surface area contributed by atoms with Gasteiger partial charge in [0.15, 0.2) is 0 Å². The van der Waals surface area contributed by atoms with Gasteiger partial charge in [0.2, 0.25) is 0 Å². The molecule has 0 N–H and O–H groups in total. The van der Waals surface area contributed by atoms with Crippen molar-refractivity contribution in [2.24, 2.45) is 11.8 Å². The topological polar surface area (TPSA) is 17.8 Å². The molecular weight excluding hydrogens is 556 g/mol. The number of allylic oxidation sites excluding steroid dienone is 4. The van der Waals surface area contributed by atoms with Crippen LogP contribution in [0, 0.1) is 11.8 Å². The fourth-order valence-corrected chi connectivity index (χ4v) is 7.61. The van der Waals surface area contributed by atoms with Crippen molar-refractivity contribution in [3.8, 4) is 17.1 Å². The number of nitrogens with zero attached hydrogens (tertiary/aromatic N) is 2. The number of fused-ring (bicyclic) bond motifs is 4. The lowest BCUT2D eigenvalue weighted by Gasteiger charge is -2.35. The van der Waals surface area contributed by atoms with Crippen LogP contribution in [0.3, 0.4) is 0 Å². The van der Waals surface area contributed by atoms with Crippen LogP contribution in [0.15, 0.2) is 169 Å². The first kappa shape index (κ1) is 26.7. The van der Waals surface area contributed by atoms with Crippen LogP contribution in [0.5, 0.6) is 0 Å². The first-order valence-electron chi connectivity index (χ1n) is 16.1. The van der Waals surface area contributed by atoms with E-state index in [1.54, 1.807) is 0 Å². The van der Waals surface area contributed by atoms with Gasteiger partial charge in [-0.25, -0.2) is 4.98 Å². The molecule has 46 heavy (non-hydrogen) atoms. The maximum atomic E-state index is 5.06. The van der Waals surface area contributed by atoms with E-state index in [1.165, 1.54) is 49.1 Å². The quantitative estimate of drug-likeness (QED) is 0.201. The van der Waals surface area contributed by atoms with Crippen LogP contribution in [-0.4, -0.2) is 9.55 Å². The zero-order chi connectivity index (χ0) is 30.6. The fourth-order valence-electron chi connectivity index (χ4n) is 7.61. The summed E-state index contributed by atoms with van der Waals surface area (Å²) in [5, 5.41) is 5.16. The van der Waals surface area contributed by atoms with E-state index < -0.39 is 0 Å². The molecule has 0 fully saturated rings. The number of para-hydroxylation sites is 2. The van der Waals surface area contributed by atoms with Crippen molar-refractivity contribution in [2.45, 2.75) is 6.92 Å². The van der Waals surface area contributed by atoms with Gasteiger partial charge in [0.25, 0.3) is 0 Å². The number of hydrogen-bond donors (Lipinski definition) is 0. The van der Waals surface area contributed by atoms with Gasteiger partial charge in [0.1, 0.15) is 5.82 Å². The predicted octanol–water partition coefficient (Wildman–Crippen LogP) is 9.01. The number of aromatic nitrogens is 2. The number of benzene rings is 6. The Morgan fingerprint density at radius 3 is 2.13 bits per heavy atom. The van der Waals surface area contributed by atoms with Crippen LogP contribution in [-0.2, 0) is 0 Å². The lowest BCUT2D eigenvalue weighted by Crippen LogP contribution is -2.39. The average Bonchev–Trinajstić information content (AvgIpc) is 3.51. The molecule has 2 aliphatic rings. The zero-order valence-electron chi connectivity index (χ0n) is 25.6. The Balaban J connectivity index is 1.26. The van der Waals surface area contributed by atoms with Gasteiger partial charge in [-0.2, -0.15) is 0 Å². The summed E-state index contributed by atoms with van der Waals surface area (Å²) in [6.45, 7) is 2.36. The highest BCUT2D eigenvalue weighted by Crippen LogP contribution is 2.43. The largest absolute Gasteiger partial charge is 0.292 e. The Morgan fingerprint density at radius 2 is 1.28 bits per heavy atom. The molecule has 7 aromatic rings. The van der Waals surface area contributed by atoms with Gasteiger partial charge in [0, 0.05) is 17.2 Å². The highest BCUT2D eigenvalue weighted by atomic mass is 15.1. The molecule has 218 valence electrons. The van der Waals surface area contributed by atoms with Crippen molar-refractivity contribution in [3.05, 3.63) is 191 Å². The Bertz CT molecular complexity index is 2480. The van der Waals surface area contributed by atoms with Crippen LogP contribution in [0.1, 0.15) is 18.1 Å². The molecule has 6 aromatic carbocycles. The lowest BCUT2D eigenvalue weighted by molar-refractivity contribution is 0.597. The predicted molar refractivity (Wildman–Crippen MR) is 191 cm³/mol. The van der Waals surface area contributed by atoms with Crippen molar-refractivity contribution in [2.75, 3.05) is 0 Å². The van der Waals surface area contributed by atoms with Gasteiger partial charge in [-0.15, -0.1) is 0 Å². The monoisotopic (exact) mass is 588 g/mol. The second-order valence-corrected chi connectivity index (χ2v) is 12.4. The normalized spacial score (nSPS) is 17.2. The maximum Gasteiger partial charge on any atom is 0.145 e. The van der Waals surface area contributed by atoms with E-state index in [2.05, 4.69) is 175 Å². The average molecular weight is 589 g/mol. The molecule has 2 nitrogen and oxygen atoms in total. The van der Waals surface area contributed by atoms with Gasteiger partial charge < -0.3 is 0 Å². The number of hydrogen-bond acceptors (Lipinski definition) is 1. The molecule has 2 atom stereocenters. The van der Waals surface area contributed by atoms with E-state index in [4.69, 9.17) is 4.98 Å². The molecule has 0 spiro atoms. The molecule has 0 saturated carbocycles. The third kappa shape index (κ3) is 4.22. The molecule has 1 heterocycles. The van der Waals surface area contributed by atoms with Gasteiger partial charge in [-0.3, -0.25) is 4.57 Å². The molecule has 0 saturated heterocycles. The molecule has 0 aliphatic heterocycles. The highest BCUT2D eigenvalue weighted by molar-refractivity contribution is 5.93. The summed E-state index contributed by atoms with van der Waals surface area (Å²) in [6, 6.07) is 52.6. The number of rotatable bonds is 4. The first-order chi connectivity index (χ1) is 22.7. The minimum Gasteiger partial charge on any atom is -0.292 e. The molecule has 2 aliphatic carbocycles. The van der Waals surface area contributed by atoms with Crippen molar-refractivity contribution in [3.63, 3.8) is 0 Å². The van der Waals surface area contributed by atoms with E-state index in [-0.39, 0.29) is 5.92 Å². The minimum absolute atomic E-state index is 0.251. The molecule has 0 radical (unpaired) electrons. The molecule has 1 aromatic heterocycles. The molecular formula is C44H32N2. The molecule has 0 bridgehead atoms. The molecule has 0 amide bonds. The van der Waals surface area contributed by atoms with E-state index in [0.29, 0.717) is 5.92 Å². The van der Waals surface area contributed by atoms with Gasteiger partial charge in [-0.05, 0) is 85.3 Å². The van der Waals surface area contributed by atoms with Gasteiger partial charge in [-0.1, -0.05) is 140 Å². The van der Waals surface area contributed by atoms with Gasteiger partial charge >= 0.3 is 0 Å². The third-order valence-electron chi connectivity index (χ3n) is 9.70. The van der Waals surface area contributed by atoms with E-state index in [0.717, 1.165) is 28.1 Å². The molecule has 9 rings (SSSR count). The number of imidazole rings is 1. The summed E-state index contributed by atoms with van der Waals surface area (Å²) >= 11 is 0. The summed E-state index contributed by atoms with van der Waals surface area (Å²) < 4.78 is 2.29. The van der Waals surface area contributed by atoms with E-state index >= 15 is 0 Å². The molecule has 2 heteroatoms. The van der Waals surface area contributed by atoms with Crippen molar-refractivity contribution in [1.82, 2.24) is 9.55 Å². The lowest BCUT2D eigenvalue weighted by atomic mass is 9.68. The third-order valence-corrected chi connectivity index (χ3v) is 9.70. The van der Waals surface area contributed by atoms with Crippen LogP contribution < -0.4 is 10.4 Å². The minimum atomic E-state index is 0.251. The van der Waals surface area contributed by atoms with E-state index in [9.17, 15) is 0 Å². The zero-order valence-corrected chi connectivity index (χ0v) is 25.6.